The average molecular weight is 516 g/mol. The highest BCUT2D eigenvalue weighted by atomic mass is 35.5. The lowest BCUT2D eigenvalue weighted by atomic mass is 10.1. The van der Waals surface area contributed by atoms with E-state index in [1.807, 2.05) is 0 Å². The largest absolute Gasteiger partial charge is 0.371 e. The van der Waals surface area contributed by atoms with E-state index in [1.54, 1.807) is 18.2 Å². The van der Waals surface area contributed by atoms with E-state index in [9.17, 15) is 17.6 Å². The third-order valence-electron chi connectivity index (χ3n) is 4.79. The Morgan fingerprint density at radius 2 is 1.91 bits per heavy atom. The Bertz CT molecular complexity index is 1270. The number of hydrogen-bond acceptors (Lipinski definition) is 7. The maximum atomic E-state index is 14.7. The van der Waals surface area contributed by atoms with Crippen molar-refractivity contribution in [1.82, 2.24) is 9.36 Å². The van der Waals surface area contributed by atoms with Crippen LogP contribution in [-0.4, -0.2) is 36.8 Å². The lowest BCUT2D eigenvalue weighted by Gasteiger charge is -2.21. The van der Waals surface area contributed by atoms with Gasteiger partial charge in [0.15, 0.2) is 0 Å². The molecule has 1 aliphatic heterocycles. The van der Waals surface area contributed by atoms with Gasteiger partial charge in [-0.15, -0.1) is 0 Å². The van der Waals surface area contributed by atoms with Gasteiger partial charge in [-0.2, -0.15) is 4.37 Å². The van der Waals surface area contributed by atoms with Crippen molar-refractivity contribution >= 4 is 67.2 Å². The van der Waals surface area contributed by atoms with Gasteiger partial charge in [-0.1, -0.05) is 23.2 Å². The van der Waals surface area contributed by atoms with Gasteiger partial charge in [0.2, 0.25) is 5.13 Å². The quantitative estimate of drug-likeness (QED) is 0.495. The smallest absolute Gasteiger partial charge is 0.266 e. The first-order valence-electron chi connectivity index (χ1n) is 9.39. The SMILES string of the molecule is O=C(Nc1cc(F)c(S(=O)(=O)Nc2ncns2)cc1Cl)c1ccc(Cl)cc1N1CCCC1. The van der Waals surface area contributed by atoms with Gasteiger partial charge in [0, 0.05) is 35.7 Å². The number of carbonyl (C=O) groups excluding carboxylic acids is 1. The summed E-state index contributed by atoms with van der Waals surface area (Å²) in [6.07, 6.45) is 3.18. The van der Waals surface area contributed by atoms with E-state index in [-0.39, 0.29) is 15.8 Å². The van der Waals surface area contributed by atoms with Gasteiger partial charge in [0.25, 0.3) is 15.9 Å². The number of nitrogens with zero attached hydrogens (tertiary/aromatic N) is 3. The van der Waals surface area contributed by atoms with Crippen molar-refractivity contribution in [2.24, 2.45) is 0 Å². The summed E-state index contributed by atoms with van der Waals surface area (Å²) < 4.78 is 45.5. The van der Waals surface area contributed by atoms with Crippen LogP contribution in [0.3, 0.4) is 0 Å². The van der Waals surface area contributed by atoms with Crippen LogP contribution >= 0.6 is 34.7 Å². The third-order valence-corrected chi connectivity index (χ3v) is 7.40. The highest BCUT2D eigenvalue weighted by Crippen LogP contribution is 2.32. The zero-order valence-electron chi connectivity index (χ0n) is 16.3. The fourth-order valence-corrected chi connectivity index (χ4v) is 5.51. The molecule has 1 fully saturated rings. The van der Waals surface area contributed by atoms with Crippen molar-refractivity contribution in [3.63, 3.8) is 0 Å². The molecule has 8 nitrogen and oxygen atoms in total. The Hall–Kier alpha value is -2.47. The fraction of sp³-hybridized carbons (Fsp3) is 0.211. The van der Waals surface area contributed by atoms with Crippen molar-refractivity contribution in [2.75, 3.05) is 28.0 Å². The Balaban J connectivity index is 1.61. The first kappa shape index (κ1) is 22.7. The second-order valence-corrected chi connectivity index (χ2v) is 10.2. The molecule has 3 aromatic rings. The number of sulfonamides is 1. The van der Waals surface area contributed by atoms with Gasteiger partial charge >= 0.3 is 0 Å². The molecule has 1 saturated heterocycles. The summed E-state index contributed by atoms with van der Waals surface area (Å²) in [5, 5.41) is 2.89. The van der Waals surface area contributed by atoms with Gasteiger partial charge in [-0.3, -0.25) is 9.52 Å². The normalized spacial score (nSPS) is 13.9. The van der Waals surface area contributed by atoms with Crippen LogP contribution in [0.25, 0.3) is 0 Å². The summed E-state index contributed by atoms with van der Waals surface area (Å²) in [6, 6.07) is 6.67. The Morgan fingerprint density at radius 3 is 2.59 bits per heavy atom. The first-order chi connectivity index (χ1) is 15.2. The number of amides is 1. The summed E-state index contributed by atoms with van der Waals surface area (Å²) >= 11 is 13.1. The number of anilines is 3. The molecule has 1 aliphatic rings. The van der Waals surface area contributed by atoms with Crippen molar-refractivity contribution in [1.29, 1.82) is 0 Å². The fourth-order valence-electron chi connectivity index (χ4n) is 3.32. The highest BCUT2D eigenvalue weighted by Gasteiger charge is 2.25. The molecule has 4 rings (SSSR count). The van der Waals surface area contributed by atoms with E-state index in [4.69, 9.17) is 23.2 Å². The van der Waals surface area contributed by atoms with Crippen LogP contribution < -0.4 is 14.9 Å². The molecular formula is C19H16Cl2FN5O3S2. The summed E-state index contributed by atoms with van der Waals surface area (Å²) in [5.41, 5.74) is 0.957. The predicted octanol–water partition coefficient (Wildman–Crippen LogP) is 4.64. The predicted molar refractivity (Wildman–Crippen MR) is 123 cm³/mol. The maximum absolute atomic E-state index is 14.7. The lowest BCUT2D eigenvalue weighted by molar-refractivity contribution is 0.102. The molecule has 0 saturated carbocycles. The van der Waals surface area contributed by atoms with Gasteiger partial charge in [-0.05, 0) is 37.1 Å². The number of rotatable bonds is 6. The lowest BCUT2D eigenvalue weighted by Crippen LogP contribution is -2.23. The number of halogens is 3. The number of carbonyl (C=O) groups is 1. The Morgan fingerprint density at radius 1 is 1.16 bits per heavy atom. The molecule has 0 atom stereocenters. The number of benzene rings is 2. The van der Waals surface area contributed by atoms with E-state index in [2.05, 4.69) is 24.3 Å². The van der Waals surface area contributed by atoms with Crippen molar-refractivity contribution in [3.8, 4) is 0 Å². The minimum absolute atomic E-state index is 0.0184. The molecule has 32 heavy (non-hydrogen) atoms. The van der Waals surface area contributed by atoms with E-state index in [0.29, 0.717) is 16.3 Å². The van der Waals surface area contributed by atoms with E-state index < -0.39 is 26.6 Å². The van der Waals surface area contributed by atoms with Crippen molar-refractivity contribution in [2.45, 2.75) is 17.7 Å². The molecule has 2 N–H and O–H groups in total. The second kappa shape index (κ2) is 9.18. The van der Waals surface area contributed by atoms with E-state index in [1.165, 1.54) is 0 Å². The molecule has 0 unspecified atom stereocenters. The van der Waals surface area contributed by atoms with Crippen LogP contribution in [0, 0.1) is 5.82 Å². The molecule has 168 valence electrons. The monoisotopic (exact) mass is 515 g/mol. The number of nitrogens with one attached hydrogen (secondary N) is 2. The minimum atomic E-state index is -4.29. The van der Waals surface area contributed by atoms with E-state index >= 15 is 0 Å². The van der Waals surface area contributed by atoms with Crippen LogP contribution in [0.15, 0.2) is 41.6 Å². The zero-order chi connectivity index (χ0) is 22.9. The second-order valence-electron chi connectivity index (χ2n) is 6.92. The van der Waals surface area contributed by atoms with Crippen molar-refractivity contribution in [3.05, 3.63) is 58.1 Å². The van der Waals surface area contributed by atoms with Crippen LogP contribution in [-0.2, 0) is 10.0 Å². The summed E-state index contributed by atoms with van der Waals surface area (Å²) in [6.45, 7) is 1.59. The maximum Gasteiger partial charge on any atom is 0.266 e. The molecule has 1 aromatic heterocycles. The van der Waals surface area contributed by atoms with Gasteiger partial charge in [0.1, 0.15) is 17.0 Å². The molecule has 13 heteroatoms. The molecule has 0 spiro atoms. The van der Waals surface area contributed by atoms with Crippen molar-refractivity contribution < 1.29 is 17.6 Å². The third kappa shape index (κ3) is 4.80. The molecule has 2 aromatic carbocycles. The number of hydrogen-bond donors (Lipinski definition) is 2. The average Bonchev–Trinajstić information content (AvgIpc) is 3.44. The minimum Gasteiger partial charge on any atom is -0.371 e. The van der Waals surface area contributed by atoms with Gasteiger partial charge < -0.3 is 10.2 Å². The highest BCUT2D eigenvalue weighted by molar-refractivity contribution is 7.93. The molecule has 0 radical (unpaired) electrons. The number of aromatic nitrogens is 2. The standard InChI is InChI=1S/C19H16Cl2FN5O3S2/c20-11-3-4-12(16(7-11)27-5-1-2-6-27)18(28)25-15-9-14(22)17(8-13(15)21)32(29,30)26-19-23-10-24-31-19/h3-4,7-10H,1-2,5-6H2,(H,25,28)(H,23,24,26). The summed E-state index contributed by atoms with van der Waals surface area (Å²) in [7, 11) is -4.29. The summed E-state index contributed by atoms with van der Waals surface area (Å²) in [5.74, 6) is -1.61. The van der Waals surface area contributed by atoms with Gasteiger partial charge in [-0.25, -0.2) is 17.8 Å². The molecule has 1 amide bonds. The van der Waals surface area contributed by atoms with Crippen LogP contribution in [0.1, 0.15) is 23.2 Å². The van der Waals surface area contributed by atoms with Crippen LogP contribution in [0.5, 0.6) is 0 Å². The Kier molecular flexibility index (Phi) is 6.52. The summed E-state index contributed by atoms with van der Waals surface area (Å²) in [4.78, 5) is 18.0. The molecule has 0 bridgehead atoms. The Labute approximate surface area is 197 Å². The van der Waals surface area contributed by atoms with E-state index in [0.717, 1.165) is 55.9 Å². The van der Waals surface area contributed by atoms with Crippen LogP contribution in [0.4, 0.5) is 20.9 Å². The zero-order valence-corrected chi connectivity index (χ0v) is 19.5. The topological polar surface area (TPSA) is 104 Å². The van der Waals surface area contributed by atoms with Gasteiger partial charge in [0.05, 0.1) is 22.0 Å². The molecular weight excluding hydrogens is 500 g/mol. The first-order valence-corrected chi connectivity index (χ1v) is 12.4. The van der Waals surface area contributed by atoms with Crippen LogP contribution in [0.2, 0.25) is 10.0 Å². The molecule has 2 heterocycles. The molecule has 0 aliphatic carbocycles.